The number of carboxylic acid groups (broad SMARTS) is 1. The fraction of sp³-hybridized carbons (Fsp3) is 0.833. The van der Waals surface area contributed by atoms with Crippen LogP contribution in [0.5, 0.6) is 0 Å². The van der Waals surface area contributed by atoms with Gasteiger partial charge in [0.15, 0.2) is 0 Å². The molecule has 0 saturated heterocycles. The lowest BCUT2D eigenvalue weighted by molar-refractivity contribution is -0.137. The van der Waals surface area contributed by atoms with Gasteiger partial charge >= 0.3 is 5.97 Å². The fourth-order valence-electron chi connectivity index (χ4n) is 1.32. The van der Waals surface area contributed by atoms with E-state index >= 15 is 0 Å². The van der Waals surface area contributed by atoms with Crippen LogP contribution in [0.2, 0.25) is 0 Å². The molecule has 0 aliphatic heterocycles. The molecule has 18 heavy (non-hydrogen) atoms. The number of hydrogen-bond donors (Lipinski definition) is 2. The molecule has 0 aromatic carbocycles. The Morgan fingerprint density at radius 1 is 1.33 bits per heavy atom. The number of ether oxygens (including phenoxy) is 1. The van der Waals surface area contributed by atoms with Crippen molar-refractivity contribution in [2.24, 2.45) is 5.92 Å². The summed E-state index contributed by atoms with van der Waals surface area (Å²) >= 11 is 0. The van der Waals surface area contributed by atoms with Crippen LogP contribution in [0.3, 0.4) is 0 Å². The Morgan fingerprint density at radius 3 is 2.50 bits per heavy atom. The Balaban J connectivity index is 4.04. The lowest BCUT2D eigenvalue weighted by atomic mass is 10.2. The van der Waals surface area contributed by atoms with Crippen molar-refractivity contribution in [2.75, 3.05) is 39.9 Å². The number of amides is 1. The van der Waals surface area contributed by atoms with E-state index in [1.165, 1.54) is 0 Å². The van der Waals surface area contributed by atoms with Crippen LogP contribution in [-0.4, -0.2) is 61.8 Å². The number of nitrogens with one attached hydrogen (secondary N) is 1. The quantitative estimate of drug-likeness (QED) is 0.586. The summed E-state index contributed by atoms with van der Waals surface area (Å²) in [5.74, 6) is -0.536. The highest BCUT2D eigenvalue weighted by Crippen LogP contribution is 1.93. The molecule has 0 bridgehead atoms. The molecule has 0 unspecified atom stereocenters. The van der Waals surface area contributed by atoms with Crippen molar-refractivity contribution < 1.29 is 19.4 Å². The summed E-state index contributed by atoms with van der Waals surface area (Å²) in [6.45, 7) is 6.28. The van der Waals surface area contributed by atoms with E-state index in [0.717, 1.165) is 0 Å². The highest BCUT2D eigenvalue weighted by molar-refractivity contribution is 5.78. The van der Waals surface area contributed by atoms with Gasteiger partial charge in [0.25, 0.3) is 0 Å². The second-order valence-electron chi connectivity index (χ2n) is 4.61. The van der Waals surface area contributed by atoms with Gasteiger partial charge in [-0.15, -0.1) is 0 Å². The Labute approximate surface area is 108 Å². The van der Waals surface area contributed by atoms with E-state index in [4.69, 9.17) is 9.84 Å². The maximum atomic E-state index is 11.6. The van der Waals surface area contributed by atoms with E-state index in [1.807, 2.05) is 13.8 Å². The van der Waals surface area contributed by atoms with Crippen LogP contribution in [0.4, 0.5) is 0 Å². The molecule has 0 aliphatic carbocycles. The van der Waals surface area contributed by atoms with Crippen molar-refractivity contribution in [3.8, 4) is 0 Å². The zero-order valence-electron chi connectivity index (χ0n) is 11.4. The van der Waals surface area contributed by atoms with E-state index < -0.39 is 5.97 Å². The van der Waals surface area contributed by atoms with Crippen LogP contribution in [0.1, 0.15) is 20.3 Å². The van der Waals surface area contributed by atoms with Gasteiger partial charge in [0.05, 0.1) is 19.6 Å². The molecule has 6 nitrogen and oxygen atoms in total. The average Bonchev–Trinajstić information content (AvgIpc) is 2.29. The second-order valence-corrected chi connectivity index (χ2v) is 4.61. The van der Waals surface area contributed by atoms with Crippen LogP contribution >= 0.6 is 0 Å². The first kappa shape index (κ1) is 16.9. The van der Waals surface area contributed by atoms with Crippen molar-refractivity contribution in [2.45, 2.75) is 20.3 Å². The molecule has 0 aromatic heterocycles. The summed E-state index contributed by atoms with van der Waals surface area (Å²) in [5, 5.41) is 11.4. The molecule has 1 amide bonds. The van der Waals surface area contributed by atoms with Crippen molar-refractivity contribution >= 4 is 11.9 Å². The van der Waals surface area contributed by atoms with Crippen molar-refractivity contribution in [3.63, 3.8) is 0 Å². The van der Waals surface area contributed by atoms with Gasteiger partial charge in [0, 0.05) is 26.7 Å². The zero-order valence-corrected chi connectivity index (χ0v) is 11.4. The van der Waals surface area contributed by atoms with Gasteiger partial charge in [-0.3, -0.25) is 14.5 Å². The topological polar surface area (TPSA) is 78.9 Å². The first-order valence-electron chi connectivity index (χ1n) is 6.15. The van der Waals surface area contributed by atoms with Gasteiger partial charge < -0.3 is 15.2 Å². The molecule has 0 aromatic rings. The summed E-state index contributed by atoms with van der Waals surface area (Å²) < 4.78 is 4.94. The molecular weight excluding hydrogens is 236 g/mol. The third kappa shape index (κ3) is 10.0. The number of carbonyl (C=O) groups is 2. The van der Waals surface area contributed by atoms with Gasteiger partial charge in [0.2, 0.25) is 5.91 Å². The van der Waals surface area contributed by atoms with Gasteiger partial charge in [0.1, 0.15) is 0 Å². The van der Waals surface area contributed by atoms with Crippen LogP contribution < -0.4 is 5.32 Å². The van der Waals surface area contributed by atoms with Crippen molar-refractivity contribution in [1.29, 1.82) is 0 Å². The Hall–Kier alpha value is -1.14. The molecule has 0 spiro atoms. The number of aliphatic carboxylic acids is 1. The monoisotopic (exact) mass is 260 g/mol. The van der Waals surface area contributed by atoms with Crippen molar-refractivity contribution in [1.82, 2.24) is 10.2 Å². The molecular formula is C12H24N2O4. The minimum atomic E-state index is -0.861. The number of carbonyl (C=O) groups excluding carboxylic acids is 1. The number of carboxylic acids is 1. The Bertz CT molecular complexity index is 256. The van der Waals surface area contributed by atoms with Crippen LogP contribution in [0.25, 0.3) is 0 Å². The third-order valence-electron chi connectivity index (χ3n) is 2.33. The van der Waals surface area contributed by atoms with E-state index in [9.17, 15) is 9.59 Å². The largest absolute Gasteiger partial charge is 0.481 e. The summed E-state index contributed by atoms with van der Waals surface area (Å²) in [6.07, 6.45) is 0.0289. The summed E-state index contributed by atoms with van der Waals surface area (Å²) in [5.41, 5.74) is 0. The number of methoxy groups -OCH3 is 1. The lowest BCUT2D eigenvalue weighted by Gasteiger charge is -2.20. The predicted molar refractivity (Wildman–Crippen MR) is 68.4 cm³/mol. The van der Waals surface area contributed by atoms with E-state index in [1.54, 1.807) is 12.0 Å². The molecule has 0 heterocycles. The average molecular weight is 260 g/mol. The minimum Gasteiger partial charge on any atom is -0.481 e. The van der Waals surface area contributed by atoms with Gasteiger partial charge in [-0.05, 0) is 5.92 Å². The standard InChI is InChI=1S/C12H24N2O4/c1-10(2)8-13-11(15)9-14(6-7-18-3)5-4-12(16)17/h10H,4-9H2,1-3H3,(H,13,15)(H,16,17). The van der Waals surface area contributed by atoms with Gasteiger partial charge in [-0.1, -0.05) is 13.8 Å². The lowest BCUT2D eigenvalue weighted by Crippen LogP contribution is -2.40. The zero-order chi connectivity index (χ0) is 14.0. The van der Waals surface area contributed by atoms with E-state index in [2.05, 4.69) is 5.32 Å². The predicted octanol–water partition coefficient (Wildman–Crippen LogP) is 0.182. The summed E-state index contributed by atoms with van der Waals surface area (Å²) in [4.78, 5) is 23.9. The summed E-state index contributed by atoms with van der Waals surface area (Å²) in [6, 6.07) is 0. The molecule has 0 radical (unpaired) electrons. The molecule has 106 valence electrons. The second kappa shape index (κ2) is 9.85. The Morgan fingerprint density at radius 2 is 2.00 bits per heavy atom. The van der Waals surface area contributed by atoms with Crippen LogP contribution in [-0.2, 0) is 14.3 Å². The highest BCUT2D eigenvalue weighted by atomic mass is 16.5. The third-order valence-corrected chi connectivity index (χ3v) is 2.33. The maximum Gasteiger partial charge on any atom is 0.304 e. The number of hydrogen-bond acceptors (Lipinski definition) is 4. The highest BCUT2D eigenvalue weighted by Gasteiger charge is 2.12. The van der Waals surface area contributed by atoms with E-state index in [0.29, 0.717) is 32.2 Å². The molecule has 0 aliphatic rings. The molecule has 0 fully saturated rings. The summed E-state index contributed by atoms with van der Waals surface area (Å²) in [7, 11) is 1.58. The normalized spacial score (nSPS) is 10.9. The molecule has 2 N–H and O–H groups in total. The SMILES string of the molecule is COCCN(CCC(=O)O)CC(=O)NCC(C)C. The molecule has 0 saturated carbocycles. The van der Waals surface area contributed by atoms with E-state index in [-0.39, 0.29) is 18.9 Å². The number of rotatable bonds is 10. The first-order chi connectivity index (χ1) is 8.45. The van der Waals surface area contributed by atoms with Gasteiger partial charge in [-0.2, -0.15) is 0 Å². The molecule has 0 rings (SSSR count). The van der Waals surface area contributed by atoms with Crippen LogP contribution in [0.15, 0.2) is 0 Å². The first-order valence-corrected chi connectivity index (χ1v) is 6.15. The minimum absolute atomic E-state index is 0.0289. The molecule has 6 heteroatoms. The van der Waals surface area contributed by atoms with Crippen LogP contribution in [0, 0.1) is 5.92 Å². The smallest absolute Gasteiger partial charge is 0.304 e. The Kier molecular flexibility index (Phi) is 9.22. The number of nitrogens with zero attached hydrogens (tertiary/aromatic N) is 1. The van der Waals surface area contributed by atoms with Crippen molar-refractivity contribution in [3.05, 3.63) is 0 Å². The molecule has 0 atom stereocenters. The van der Waals surface area contributed by atoms with Gasteiger partial charge in [-0.25, -0.2) is 0 Å². The fourth-order valence-corrected chi connectivity index (χ4v) is 1.32. The maximum absolute atomic E-state index is 11.6.